The fraction of sp³-hybridized carbons (Fsp3) is 0.500. The van der Waals surface area contributed by atoms with E-state index < -0.39 is 0 Å². The predicted octanol–water partition coefficient (Wildman–Crippen LogP) is 1.29. The molecule has 2 heterocycles. The van der Waals surface area contributed by atoms with E-state index in [1.807, 2.05) is 0 Å². The number of imidazole rings is 1. The molecule has 0 radical (unpaired) electrons. The Balaban J connectivity index is 1.85. The van der Waals surface area contributed by atoms with Gasteiger partial charge in [-0.15, -0.1) is 0 Å². The standard InChI is InChI=1S/C18H23N3O4/c1-4-25-17(23)13-6-5-9-21(11-13)16(22)12-7-8-14-15(10-12)20(3)18(24)19(14)2/h7-8,10,13H,4-6,9,11H2,1-3H3. The molecule has 25 heavy (non-hydrogen) atoms. The van der Waals surface area contributed by atoms with Gasteiger partial charge in [0.05, 0.1) is 23.6 Å². The first-order valence-corrected chi connectivity index (χ1v) is 8.55. The SMILES string of the molecule is CCOC(=O)C1CCCN(C(=O)c2ccc3c(c2)n(C)c(=O)n3C)C1. The Morgan fingerprint density at radius 2 is 1.92 bits per heavy atom. The second-order valence-electron chi connectivity index (χ2n) is 6.45. The van der Waals surface area contributed by atoms with Crippen molar-refractivity contribution in [3.8, 4) is 0 Å². The van der Waals surface area contributed by atoms with Crippen molar-refractivity contribution in [2.75, 3.05) is 19.7 Å². The molecule has 0 bridgehead atoms. The van der Waals surface area contributed by atoms with Crippen molar-refractivity contribution in [3.05, 3.63) is 34.2 Å². The number of piperidine rings is 1. The van der Waals surface area contributed by atoms with Crippen LogP contribution < -0.4 is 5.69 Å². The first-order valence-electron chi connectivity index (χ1n) is 8.55. The zero-order valence-corrected chi connectivity index (χ0v) is 14.8. The number of rotatable bonds is 3. The van der Waals surface area contributed by atoms with E-state index in [1.54, 1.807) is 48.7 Å². The fourth-order valence-corrected chi connectivity index (χ4v) is 3.44. The van der Waals surface area contributed by atoms with Crippen LogP contribution in [0, 0.1) is 5.92 Å². The van der Waals surface area contributed by atoms with Crippen LogP contribution in [0.2, 0.25) is 0 Å². The minimum Gasteiger partial charge on any atom is -0.466 e. The molecule has 7 nitrogen and oxygen atoms in total. The highest BCUT2D eigenvalue weighted by Crippen LogP contribution is 2.21. The number of ether oxygens (including phenoxy) is 1. The number of carbonyl (C=O) groups excluding carboxylic acids is 2. The molecule has 1 atom stereocenters. The smallest absolute Gasteiger partial charge is 0.328 e. The number of carbonyl (C=O) groups is 2. The first-order chi connectivity index (χ1) is 11.9. The van der Waals surface area contributed by atoms with Crippen LogP contribution in [0.25, 0.3) is 11.0 Å². The number of esters is 1. The van der Waals surface area contributed by atoms with Gasteiger partial charge in [-0.1, -0.05) is 0 Å². The number of hydrogen-bond donors (Lipinski definition) is 0. The zero-order chi connectivity index (χ0) is 18.1. The third-order valence-corrected chi connectivity index (χ3v) is 4.85. The topological polar surface area (TPSA) is 73.5 Å². The molecule has 1 aromatic carbocycles. The van der Waals surface area contributed by atoms with Gasteiger partial charge in [-0.05, 0) is 38.0 Å². The Kier molecular flexibility index (Phi) is 4.65. The quantitative estimate of drug-likeness (QED) is 0.786. The lowest BCUT2D eigenvalue weighted by Crippen LogP contribution is -2.42. The maximum atomic E-state index is 12.9. The van der Waals surface area contributed by atoms with Crippen LogP contribution in [0.15, 0.2) is 23.0 Å². The number of amides is 1. The molecule has 1 aromatic heterocycles. The van der Waals surface area contributed by atoms with E-state index in [0.29, 0.717) is 25.3 Å². The zero-order valence-electron chi connectivity index (χ0n) is 14.8. The molecule has 1 aliphatic rings. The summed E-state index contributed by atoms with van der Waals surface area (Å²) in [6.45, 7) is 3.13. The van der Waals surface area contributed by atoms with Crippen molar-refractivity contribution in [3.63, 3.8) is 0 Å². The molecule has 1 aliphatic heterocycles. The van der Waals surface area contributed by atoms with Crippen LogP contribution >= 0.6 is 0 Å². The van der Waals surface area contributed by atoms with Gasteiger partial charge in [0, 0.05) is 32.7 Å². The highest BCUT2D eigenvalue weighted by atomic mass is 16.5. The summed E-state index contributed by atoms with van der Waals surface area (Å²) in [5.74, 6) is -0.615. The molecule has 1 fully saturated rings. The average Bonchev–Trinajstić information content (AvgIpc) is 2.85. The second-order valence-corrected chi connectivity index (χ2v) is 6.45. The van der Waals surface area contributed by atoms with E-state index in [1.165, 1.54) is 4.57 Å². The lowest BCUT2D eigenvalue weighted by Gasteiger charge is -2.31. The number of aryl methyl sites for hydroxylation is 2. The summed E-state index contributed by atoms with van der Waals surface area (Å²) in [4.78, 5) is 38.5. The van der Waals surface area contributed by atoms with Gasteiger partial charge in [0.15, 0.2) is 0 Å². The summed E-state index contributed by atoms with van der Waals surface area (Å²) in [6.07, 6.45) is 1.52. The molecule has 0 aliphatic carbocycles. The van der Waals surface area contributed by atoms with E-state index in [4.69, 9.17) is 4.74 Å². The summed E-state index contributed by atoms with van der Waals surface area (Å²) in [5, 5.41) is 0. The Morgan fingerprint density at radius 1 is 1.20 bits per heavy atom. The van der Waals surface area contributed by atoms with Crippen molar-refractivity contribution in [2.24, 2.45) is 20.0 Å². The van der Waals surface area contributed by atoms with Gasteiger partial charge in [-0.2, -0.15) is 0 Å². The van der Waals surface area contributed by atoms with Gasteiger partial charge in [0.2, 0.25) is 0 Å². The monoisotopic (exact) mass is 345 g/mol. The Morgan fingerprint density at radius 3 is 2.64 bits per heavy atom. The second kappa shape index (κ2) is 6.74. The Bertz CT molecular complexity index is 880. The van der Waals surface area contributed by atoms with Gasteiger partial charge < -0.3 is 9.64 Å². The number of fused-ring (bicyclic) bond motifs is 1. The highest BCUT2D eigenvalue weighted by Gasteiger charge is 2.30. The minimum atomic E-state index is -0.262. The summed E-state index contributed by atoms with van der Waals surface area (Å²) < 4.78 is 8.18. The fourth-order valence-electron chi connectivity index (χ4n) is 3.44. The molecule has 3 rings (SSSR count). The van der Waals surface area contributed by atoms with Gasteiger partial charge in [-0.3, -0.25) is 18.7 Å². The highest BCUT2D eigenvalue weighted by molar-refractivity contribution is 5.97. The van der Waals surface area contributed by atoms with E-state index in [9.17, 15) is 14.4 Å². The van der Waals surface area contributed by atoms with E-state index in [2.05, 4.69) is 0 Å². The molecule has 1 amide bonds. The number of aromatic nitrogens is 2. The Labute approximate surface area is 145 Å². The minimum absolute atomic E-state index is 0.118. The molecule has 0 saturated carbocycles. The molecule has 7 heteroatoms. The maximum Gasteiger partial charge on any atom is 0.328 e. The summed E-state index contributed by atoms with van der Waals surface area (Å²) >= 11 is 0. The van der Waals surface area contributed by atoms with Crippen LogP contribution in [0.5, 0.6) is 0 Å². The van der Waals surface area contributed by atoms with Crippen LogP contribution in [0.3, 0.4) is 0 Å². The maximum absolute atomic E-state index is 12.9. The summed E-state index contributed by atoms with van der Waals surface area (Å²) in [6, 6.07) is 5.27. The van der Waals surface area contributed by atoms with Gasteiger partial charge in [0.25, 0.3) is 5.91 Å². The van der Waals surface area contributed by atoms with Crippen LogP contribution in [0.1, 0.15) is 30.1 Å². The molecule has 0 N–H and O–H groups in total. The number of nitrogens with zero attached hydrogens (tertiary/aromatic N) is 3. The van der Waals surface area contributed by atoms with Crippen LogP contribution in [-0.4, -0.2) is 45.6 Å². The van der Waals surface area contributed by atoms with Crippen LogP contribution in [0.4, 0.5) is 0 Å². The van der Waals surface area contributed by atoms with Crippen molar-refractivity contribution in [1.82, 2.24) is 14.0 Å². The van der Waals surface area contributed by atoms with E-state index in [0.717, 1.165) is 23.9 Å². The Hall–Kier alpha value is -2.57. The largest absolute Gasteiger partial charge is 0.466 e. The van der Waals surface area contributed by atoms with E-state index >= 15 is 0 Å². The molecule has 134 valence electrons. The number of benzene rings is 1. The lowest BCUT2D eigenvalue weighted by atomic mass is 9.97. The van der Waals surface area contributed by atoms with Crippen LogP contribution in [-0.2, 0) is 23.6 Å². The van der Waals surface area contributed by atoms with Gasteiger partial charge >= 0.3 is 11.7 Å². The van der Waals surface area contributed by atoms with Crippen molar-refractivity contribution >= 4 is 22.9 Å². The summed E-state index contributed by atoms with van der Waals surface area (Å²) in [7, 11) is 3.40. The third-order valence-electron chi connectivity index (χ3n) is 4.85. The van der Waals surface area contributed by atoms with Crippen molar-refractivity contribution in [2.45, 2.75) is 19.8 Å². The molecular formula is C18H23N3O4. The molecule has 2 aromatic rings. The van der Waals surface area contributed by atoms with Gasteiger partial charge in [-0.25, -0.2) is 4.79 Å². The molecule has 1 unspecified atom stereocenters. The normalized spacial score (nSPS) is 17.7. The first kappa shape index (κ1) is 17.3. The van der Waals surface area contributed by atoms with Crippen molar-refractivity contribution in [1.29, 1.82) is 0 Å². The lowest BCUT2D eigenvalue weighted by molar-refractivity contribution is -0.149. The third kappa shape index (κ3) is 3.06. The van der Waals surface area contributed by atoms with E-state index in [-0.39, 0.29) is 23.5 Å². The van der Waals surface area contributed by atoms with Gasteiger partial charge in [0.1, 0.15) is 0 Å². The summed E-state index contributed by atoms with van der Waals surface area (Å²) in [5.41, 5.74) is 1.91. The molecular weight excluding hydrogens is 322 g/mol. The molecule has 1 saturated heterocycles. The number of hydrogen-bond acceptors (Lipinski definition) is 4. The average molecular weight is 345 g/mol. The van der Waals surface area contributed by atoms with Crippen molar-refractivity contribution < 1.29 is 14.3 Å². The molecule has 0 spiro atoms. The predicted molar refractivity (Wildman–Crippen MR) is 93.4 cm³/mol. The number of likely N-dealkylation sites (tertiary alicyclic amines) is 1.